The van der Waals surface area contributed by atoms with Crippen LogP contribution in [0.5, 0.6) is 0 Å². The molecule has 4 rings (SSSR count). The van der Waals surface area contributed by atoms with Gasteiger partial charge in [-0.25, -0.2) is 9.36 Å². The van der Waals surface area contributed by atoms with Crippen molar-refractivity contribution in [1.82, 2.24) is 9.55 Å². The molecule has 1 aromatic rings. The molecule has 1 aliphatic carbocycles. The van der Waals surface area contributed by atoms with Gasteiger partial charge in [0.25, 0.3) is 11.3 Å². The fourth-order valence-electron chi connectivity index (χ4n) is 4.03. The van der Waals surface area contributed by atoms with Gasteiger partial charge in [-0.2, -0.15) is 0 Å². The molecule has 2 unspecified atom stereocenters. The molecular formula is C15H14N5O15P. The van der Waals surface area contributed by atoms with E-state index in [-0.39, 0.29) is 0 Å². The summed E-state index contributed by atoms with van der Waals surface area (Å²) in [4.78, 5) is 75.2. The highest BCUT2D eigenvalue weighted by Gasteiger charge is 2.71. The van der Waals surface area contributed by atoms with E-state index in [9.17, 15) is 44.5 Å². The van der Waals surface area contributed by atoms with Gasteiger partial charge in [-0.05, 0) is 0 Å². The third-order valence-electron chi connectivity index (χ3n) is 5.43. The zero-order valence-corrected chi connectivity index (χ0v) is 18.2. The maximum absolute atomic E-state index is 12.3. The Labute approximate surface area is 196 Å². The Morgan fingerprint density at radius 2 is 1.81 bits per heavy atom. The molecule has 194 valence electrons. The van der Waals surface area contributed by atoms with Gasteiger partial charge in [-0.1, -0.05) is 0 Å². The second kappa shape index (κ2) is 8.78. The number of phosphoric ester groups is 1. The van der Waals surface area contributed by atoms with Crippen molar-refractivity contribution >= 4 is 7.82 Å². The maximum Gasteiger partial charge on any atom is 0.469 e. The number of nitrogens with one attached hydrogen (secondary N) is 1. The molecule has 0 radical (unpaired) electrons. The summed E-state index contributed by atoms with van der Waals surface area (Å²) < 4.78 is 33.1. The summed E-state index contributed by atoms with van der Waals surface area (Å²) in [6.45, 7) is -0.921. The van der Waals surface area contributed by atoms with Crippen molar-refractivity contribution < 1.29 is 47.9 Å². The topological polar surface area (TPSA) is 279 Å². The molecule has 21 heteroatoms. The van der Waals surface area contributed by atoms with Crippen molar-refractivity contribution in [2.45, 2.75) is 36.4 Å². The largest absolute Gasteiger partial charge is 0.469 e. The molecule has 1 spiro atoms. The Balaban J connectivity index is 1.82. The minimum absolute atomic E-state index is 0.407. The number of nitro groups is 3. The highest BCUT2D eigenvalue weighted by Crippen LogP contribution is 2.50. The summed E-state index contributed by atoms with van der Waals surface area (Å²) >= 11 is 0. The van der Waals surface area contributed by atoms with Gasteiger partial charge in [-0.3, -0.25) is 49.2 Å². The molecule has 2 saturated heterocycles. The summed E-state index contributed by atoms with van der Waals surface area (Å²) in [6, 6.07) is -1.43. The molecule has 3 aliphatic rings. The van der Waals surface area contributed by atoms with Crippen LogP contribution in [0, 0.1) is 30.3 Å². The summed E-state index contributed by atoms with van der Waals surface area (Å²) in [5.74, 6) is -2.87. The quantitative estimate of drug-likeness (QED) is 0.193. The first kappa shape index (κ1) is 25.4. The number of rotatable bonds is 7. The predicted molar refractivity (Wildman–Crippen MR) is 107 cm³/mol. The molecule has 3 heterocycles. The minimum Gasteiger partial charge on any atom is -0.346 e. The molecule has 20 nitrogen and oxygen atoms in total. The number of allylic oxidation sites excluding steroid dienone is 1. The van der Waals surface area contributed by atoms with Gasteiger partial charge >= 0.3 is 31.0 Å². The molecule has 2 fully saturated rings. The lowest BCUT2D eigenvalue weighted by Crippen LogP contribution is -2.54. The molecule has 0 amide bonds. The van der Waals surface area contributed by atoms with Crippen LogP contribution in [0.2, 0.25) is 0 Å². The van der Waals surface area contributed by atoms with Crippen LogP contribution in [0.1, 0.15) is 6.23 Å². The summed E-state index contributed by atoms with van der Waals surface area (Å²) in [5.41, 5.74) is -4.05. The summed E-state index contributed by atoms with van der Waals surface area (Å²) in [5, 5.41) is 34.8. The van der Waals surface area contributed by atoms with Crippen LogP contribution in [0.3, 0.4) is 0 Å². The third-order valence-corrected chi connectivity index (χ3v) is 5.92. The van der Waals surface area contributed by atoms with Gasteiger partial charge < -0.3 is 24.0 Å². The number of hydrogen-bond donors (Lipinski definition) is 3. The number of aromatic amines is 1. The fourth-order valence-corrected chi connectivity index (χ4v) is 4.37. The lowest BCUT2D eigenvalue weighted by atomic mass is 9.96. The van der Waals surface area contributed by atoms with Crippen LogP contribution in [0.4, 0.5) is 0 Å². The van der Waals surface area contributed by atoms with Gasteiger partial charge in [0.2, 0.25) is 0 Å². The van der Waals surface area contributed by atoms with Crippen LogP contribution in [0.25, 0.3) is 0 Å². The number of H-pyrrole nitrogens is 1. The van der Waals surface area contributed by atoms with Crippen LogP contribution in [0.15, 0.2) is 45.4 Å². The first-order valence-corrected chi connectivity index (χ1v) is 11.2. The van der Waals surface area contributed by atoms with E-state index in [4.69, 9.17) is 24.0 Å². The Hall–Kier alpha value is -3.65. The van der Waals surface area contributed by atoms with E-state index in [1.165, 1.54) is 0 Å². The highest BCUT2D eigenvalue weighted by atomic mass is 31.2. The normalized spacial score (nSPS) is 31.6. The number of nitrogens with zero attached hydrogens (tertiary/aromatic N) is 4. The molecule has 0 bridgehead atoms. The predicted octanol–water partition coefficient (Wildman–Crippen LogP) is -2.00. The standard InChI is InChI=1S/C15H14N5O15P/c21-10-1-2-17(14(22)16-10)13-12-11(7(33-13)5-32-36(29,30)31)34-15(35-12)8(19(25)26)3-6(18(23)24)4-9(15)20(27)28/h1-4,7-8,11-13H,5H2,(H,16,21,22)(H2,29,30,31)/t7-,8?,11-,12-,13-,15?/m1/s1. The Kier molecular flexibility index (Phi) is 6.21. The van der Waals surface area contributed by atoms with Gasteiger partial charge in [0, 0.05) is 17.2 Å². The Bertz CT molecular complexity index is 1360. The van der Waals surface area contributed by atoms with E-state index in [2.05, 4.69) is 4.52 Å². The van der Waals surface area contributed by atoms with E-state index < -0.39 is 88.2 Å². The first-order valence-electron chi connectivity index (χ1n) is 9.62. The number of phosphoric acid groups is 1. The van der Waals surface area contributed by atoms with Crippen molar-refractivity contribution in [2.24, 2.45) is 0 Å². The lowest BCUT2D eigenvalue weighted by Gasteiger charge is -2.30. The summed E-state index contributed by atoms with van der Waals surface area (Å²) in [6.07, 6.45) is -4.45. The maximum atomic E-state index is 12.3. The van der Waals surface area contributed by atoms with E-state index in [0.29, 0.717) is 12.2 Å². The SMILES string of the molecule is O=c1ccn([C@@H]2O[C@H](COP(=O)(O)O)[C@H]3OC4(O[C@H]32)C([N+](=O)[O-])=CC([N+](=O)[O-])=CC4[N+](=O)[O-])c(=O)[nH]1. The van der Waals surface area contributed by atoms with Gasteiger partial charge in [0.15, 0.2) is 6.23 Å². The minimum atomic E-state index is -5.08. The zero-order chi connectivity index (χ0) is 26.6. The van der Waals surface area contributed by atoms with Gasteiger partial charge in [0.05, 0.1) is 28.6 Å². The molecule has 36 heavy (non-hydrogen) atoms. The number of aromatic nitrogens is 2. The lowest BCUT2D eigenvalue weighted by molar-refractivity contribution is -0.569. The van der Waals surface area contributed by atoms with Crippen molar-refractivity contribution in [1.29, 1.82) is 0 Å². The van der Waals surface area contributed by atoms with Crippen molar-refractivity contribution in [2.75, 3.05) is 6.61 Å². The molecule has 6 atom stereocenters. The fraction of sp³-hybridized carbons (Fsp3) is 0.467. The Morgan fingerprint density at radius 3 is 2.36 bits per heavy atom. The van der Waals surface area contributed by atoms with E-state index in [0.717, 1.165) is 16.8 Å². The monoisotopic (exact) mass is 535 g/mol. The average molecular weight is 535 g/mol. The highest BCUT2D eigenvalue weighted by molar-refractivity contribution is 7.46. The summed E-state index contributed by atoms with van der Waals surface area (Å²) in [7, 11) is -5.08. The van der Waals surface area contributed by atoms with Crippen LogP contribution < -0.4 is 11.2 Å². The number of ether oxygens (including phenoxy) is 3. The molecular weight excluding hydrogens is 521 g/mol. The van der Waals surface area contributed by atoms with Crippen molar-refractivity contribution in [3.8, 4) is 0 Å². The molecule has 3 N–H and O–H groups in total. The second-order valence-electron chi connectivity index (χ2n) is 7.57. The molecule has 0 saturated carbocycles. The second-order valence-corrected chi connectivity index (χ2v) is 8.81. The number of hydrogen-bond acceptors (Lipinski definition) is 13. The average Bonchev–Trinajstić information content (AvgIpc) is 3.28. The van der Waals surface area contributed by atoms with Crippen LogP contribution in [-0.2, 0) is 23.3 Å². The molecule has 2 aliphatic heterocycles. The number of fused-ring (bicyclic) bond motifs is 1. The van der Waals surface area contributed by atoms with E-state index >= 15 is 0 Å². The van der Waals surface area contributed by atoms with Gasteiger partial charge in [-0.15, -0.1) is 0 Å². The van der Waals surface area contributed by atoms with E-state index in [1.807, 2.05) is 4.98 Å². The zero-order valence-electron chi connectivity index (χ0n) is 17.3. The Morgan fingerprint density at radius 1 is 1.14 bits per heavy atom. The van der Waals surface area contributed by atoms with Crippen molar-refractivity contribution in [3.63, 3.8) is 0 Å². The first-order chi connectivity index (χ1) is 16.7. The van der Waals surface area contributed by atoms with Gasteiger partial charge in [0.1, 0.15) is 18.3 Å². The smallest absolute Gasteiger partial charge is 0.346 e. The van der Waals surface area contributed by atoms with Crippen molar-refractivity contribution in [3.05, 3.63) is 87.0 Å². The molecule has 0 aromatic carbocycles. The van der Waals surface area contributed by atoms with Crippen LogP contribution in [-0.4, -0.2) is 70.9 Å². The van der Waals surface area contributed by atoms with Crippen LogP contribution >= 0.6 is 7.82 Å². The molecule has 1 aromatic heterocycles. The third kappa shape index (κ3) is 4.37. The van der Waals surface area contributed by atoms with E-state index in [1.54, 1.807) is 0 Å².